The van der Waals surface area contributed by atoms with Crippen LogP contribution in [-0.2, 0) is 0 Å². The van der Waals surface area contributed by atoms with Gasteiger partial charge in [-0.15, -0.1) is 0 Å². The van der Waals surface area contributed by atoms with Gasteiger partial charge in [0.15, 0.2) is 0 Å². The molecular weight excluding hydrogens is 327 g/mol. The fourth-order valence-corrected chi connectivity index (χ4v) is 2.30. The maximum absolute atomic E-state index is 13.8. The highest BCUT2D eigenvalue weighted by atomic mass is 79.9. The van der Waals surface area contributed by atoms with Crippen LogP contribution < -0.4 is 11.1 Å². The second kappa shape index (κ2) is 5.67. The summed E-state index contributed by atoms with van der Waals surface area (Å²) in [5.74, 6) is -0.311. The lowest BCUT2D eigenvalue weighted by atomic mass is 10.1. The molecule has 2 nitrogen and oxygen atoms in total. The molecule has 0 atom stereocenters. The minimum Gasteiger partial charge on any atom is -0.389 e. The number of nitrogens with two attached hydrogens (primary N) is 1. The van der Waals surface area contributed by atoms with E-state index < -0.39 is 0 Å². The molecule has 98 valence electrons. The summed E-state index contributed by atoms with van der Waals surface area (Å²) in [7, 11) is 0. The van der Waals surface area contributed by atoms with Gasteiger partial charge in [-0.1, -0.05) is 40.3 Å². The molecule has 0 saturated carbocycles. The first-order chi connectivity index (χ1) is 8.99. The molecule has 2 aromatic rings. The number of aryl methyl sites for hydroxylation is 1. The highest BCUT2D eigenvalue weighted by molar-refractivity contribution is 9.10. The topological polar surface area (TPSA) is 38.0 Å². The lowest BCUT2D eigenvalue weighted by Gasteiger charge is -2.14. The van der Waals surface area contributed by atoms with Crippen molar-refractivity contribution in [3.63, 3.8) is 0 Å². The molecule has 2 rings (SSSR count). The van der Waals surface area contributed by atoms with Crippen LogP contribution in [0.4, 0.5) is 15.8 Å². The molecule has 19 heavy (non-hydrogen) atoms. The molecule has 0 unspecified atom stereocenters. The molecule has 0 radical (unpaired) electrons. The van der Waals surface area contributed by atoms with E-state index in [0.717, 1.165) is 10.0 Å². The van der Waals surface area contributed by atoms with Crippen molar-refractivity contribution in [2.24, 2.45) is 5.73 Å². The third kappa shape index (κ3) is 3.11. The molecule has 2 aromatic carbocycles. The lowest BCUT2D eigenvalue weighted by Crippen LogP contribution is -2.12. The van der Waals surface area contributed by atoms with Crippen LogP contribution in [0.5, 0.6) is 0 Å². The standard InChI is InChI=1S/C14H12BrFN2S/c1-8-3-2-4-11(16)13(8)18-12-7-9(15)5-6-10(12)14(17)19/h2-7,18H,1H3,(H2,17,19). The Labute approximate surface area is 124 Å². The smallest absolute Gasteiger partial charge is 0.146 e. The minimum absolute atomic E-state index is 0.268. The van der Waals surface area contributed by atoms with Crippen molar-refractivity contribution in [3.05, 3.63) is 57.8 Å². The van der Waals surface area contributed by atoms with Crippen LogP contribution in [0.25, 0.3) is 0 Å². The zero-order chi connectivity index (χ0) is 14.0. The lowest BCUT2D eigenvalue weighted by molar-refractivity contribution is 0.631. The minimum atomic E-state index is -0.311. The van der Waals surface area contributed by atoms with E-state index in [9.17, 15) is 4.39 Å². The summed E-state index contributed by atoms with van der Waals surface area (Å²) in [6, 6.07) is 10.4. The van der Waals surface area contributed by atoms with Crippen LogP contribution in [0.15, 0.2) is 40.9 Å². The van der Waals surface area contributed by atoms with E-state index in [0.29, 0.717) is 16.9 Å². The van der Waals surface area contributed by atoms with Crippen molar-refractivity contribution >= 4 is 44.5 Å². The van der Waals surface area contributed by atoms with Gasteiger partial charge >= 0.3 is 0 Å². The van der Waals surface area contributed by atoms with Gasteiger partial charge in [0, 0.05) is 15.7 Å². The predicted molar refractivity (Wildman–Crippen MR) is 84.4 cm³/mol. The first kappa shape index (κ1) is 14.0. The number of hydrogen-bond donors (Lipinski definition) is 2. The summed E-state index contributed by atoms with van der Waals surface area (Å²) in [5.41, 5.74) is 8.28. The highest BCUT2D eigenvalue weighted by Crippen LogP contribution is 2.28. The van der Waals surface area contributed by atoms with Gasteiger partial charge in [0.25, 0.3) is 0 Å². The van der Waals surface area contributed by atoms with Gasteiger partial charge in [-0.3, -0.25) is 0 Å². The van der Waals surface area contributed by atoms with E-state index >= 15 is 0 Å². The van der Waals surface area contributed by atoms with Crippen LogP contribution in [-0.4, -0.2) is 4.99 Å². The Bertz CT molecular complexity index is 623. The fraction of sp³-hybridized carbons (Fsp3) is 0.0714. The number of hydrogen-bond acceptors (Lipinski definition) is 2. The van der Waals surface area contributed by atoms with E-state index in [1.165, 1.54) is 6.07 Å². The number of para-hydroxylation sites is 1. The molecule has 0 aliphatic rings. The van der Waals surface area contributed by atoms with E-state index in [2.05, 4.69) is 21.2 Å². The average molecular weight is 339 g/mol. The molecule has 0 amide bonds. The Morgan fingerprint density at radius 1 is 1.32 bits per heavy atom. The highest BCUT2D eigenvalue weighted by Gasteiger charge is 2.10. The maximum atomic E-state index is 13.8. The third-order valence-electron chi connectivity index (χ3n) is 2.73. The molecule has 0 saturated heterocycles. The molecule has 3 N–H and O–H groups in total. The molecular formula is C14H12BrFN2S. The predicted octanol–water partition coefficient (Wildman–Crippen LogP) is 4.27. The van der Waals surface area contributed by atoms with Crippen LogP contribution in [0, 0.1) is 12.7 Å². The molecule has 0 heterocycles. The molecule has 0 fully saturated rings. The monoisotopic (exact) mass is 338 g/mol. The van der Waals surface area contributed by atoms with Crippen molar-refractivity contribution in [2.45, 2.75) is 6.92 Å². The van der Waals surface area contributed by atoms with Gasteiger partial charge < -0.3 is 11.1 Å². The van der Waals surface area contributed by atoms with Crippen molar-refractivity contribution in [1.82, 2.24) is 0 Å². The number of halogens is 2. The van der Waals surface area contributed by atoms with Gasteiger partial charge in [0.05, 0.1) is 5.69 Å². The third-order valence-corrected chi connectivity index (χ3v) is 3.44. The second-order valence-electron chi connectivity index (χ2n) is 4.11. The summed E-state index contributed by atoms with van der Waals surface area (Å²) in [4.78, 5) is 0.268. The number of benzene rings is 2. The van der Waals surface area contributed by atoms with Gasteiger partial charge in [0.2, 0.25) is 0 Å². The summed E-state index contributed by atoms with van der Waals surface area (Å²) < 4.78 is 14.7. The Kier molecular flexibility index (Phi) is 4.17. The zero-order valence-electron chi connectivity index (χ0n) is 10.2. The molecule has 5 heteroatoms. The Morgan fingerprint density at radius 3 is 2.68 bits per heavy atom. The SMILES string of the molecule is Cc1cccc(F)c1Nc1cc(Br)ccc1C(N)=S. The van der Waals surface area contributed by atoms with Crippen molar-refractivity contribution in [3.8, 4) is 0 Å². The van der Waals surface area contributed by atoms with E-state index in [-0.39, 0.29) is 10.8 Å². The largest absolute Gasteiger partial charge is 0.389 e. The summed E-state index contributed by atoms with van der Waals surface area (Å²) in [6.45, 7) is 1.84. The normalized spacial score (nSPS) is 10.3. The summed E-state index contributed by atoms with van der Waals surface area (Å²) >= 11 is 8.38. The maximum Gasteiger partial charge on any atom is 0.146 e. The van der Waals surface area contributed by atoms with Crippen LogP contribution in [0.1, 0.15) is 11.1 Å². The summed E-state index contributed by atoms with van der Waals surface area (Å²) in [5, 5.41) is 3.06. The second-order valence-corrected chi connectivity index (χ2v) is 5.47. The van der Waals surface area contributed by atoms with E-state index in [4.69, 9.17) is 18.0 Å². The van der Waals surface area contributed by atoms with Crippen molar-refractivity contribution < 1.29 is 4.39 Å². The van der Waals surface area contributed by atoms with Crippen LogP contribution in [0.3, 0.4) is 0 Å². The average Bonchev–Trinajstić information content (AvgIpc) is 2.33. The molecule has 0 aliphatic heterocycles. The quantitative estimate of drug-likeness (QED) is 0.820. The van der Waals surface area contributed by atoms with E-state index in [1.807, 2.05) is 25.1 Å². The molecule has 0 spiro atoms. The van der Waals surface area contributed by atoms with Crippen molar-refractivity contribution in [1.29, 1.82) is 0 Å². The van der Waals surface area contributed by atoms with Gasteiger partial charge in [0.1, 0.15) is 10.8 Å². The Morgan fingerprint density at radius 2 is 2.05 bits per heavy atom. The Balaban J connectivity index is 2.49. The first-order valence-corrected chi connectivity index (χ1v) is 6.80. The van der Waals surface area contributed by atoms with Gasteiger partial charge in [-0.05, 0) is 36.8 Å². The van der Waals surface area contributed by atoms with Crippen molar-refractivity contribution in [2.75, 3.05) is 5.32 Å². The fourth-order valence-electron chi connectivity index (χ4n) is 1.76. The molecule has 0 bridgehead atoms. The van der Waals surface area contributed by atoms with Gasteiger partial charge in [-0.25, -0.2) is 4.39 Å². The van der Waals surface area contributed by atoms with E-state index in [1.54, 1.807) is 12.1 Å². The number of thiocarbonyl (C=S) groups is 1. The zero-order valence-corrected chi connectivity index (χ0v) is 12.6. The van der Waals surface area contributed by atoms with Crippen LogP contribution >= 0.6 is 28.1 Å². The number of rotatable bonds is 3. The Hall–Kier alpha value is -1.46. The number of anilines is 2. The molecule has 0 aliphatic carbocycles. The van der Waals surface area contributed by atoms with Gasteiger partial charge in [-0.2, -0.15) is 0 Å². The van der Waals surface area contributed by atoms with Crippen LogP contribution in [0.2, 0.25) is 0 Å². The summed E-state index contributed by atoms with van der Waals surface area (Å²) in [6.07, 6.45) is 0. The molecule has 0 aromatic heterocycles. The number of nitrogens with one attached hydrogen (secondary N) is 1. The first-order valence-electron chi connectivity index (χ1n) is 5.60.